The number of nitrogens with zero attached hydrogens (tertiary/aromatic N) is 3. The Labute approximate surface area is 153 Å². The zero-order valence-corrected chi connectivity index (χ0v) is 15.4. The van der Waals surface area contributed by atoms with Gasteiger partial charge in [0.15, 0.2) is 5.16 Å². The van der Waals surface area contributed by atoms with E-state index < -0.39 is 5.97 Å². The zero-order valence-electron chi connectivity index (χ0n) is 13.8. The van der Waals surface area contributed by atoms with Crippen molar-refractivity contribution in [2.45, 2.75) is 17.8 Å². The molecule has 0 aliphatic heterocycles. The van der Waals surface area contributed by atoms with Crippen molar-refractivity contribution in [2.75, 3.05) is 12.3 Å². The Morgan fingerprint density at radius 1 is 1.48 bits per heavy atom. The number of aryl methyl sites for hydroxylation is 1. The zero-order chi connectivity index (χ0) is 18.0. The average Bonchev–Trinajstić information content (AvgIpc) is 3.10. The van der Waals surface area contributed by atoms with Gasteiger partial charge in [-0.1, -0.05) is 23.9 Å². The Kier molecular flexibility index (Phi) is 4.97. The molecule has 3 aromatic rings. The molecule has 0 saturated carbocycles. The lowest BCUT2D eigenvalue weighted by Gasteiger charge is -2.05. The number of fused-ring (bicyclic) bond motifs is 1. The quantitative estimate of drug-likeness (QED) is 0.544. The number of hydrogen-bond acceptors (Lipinski definition) is 7. The summed E-state index contributed by atoms with van der Waals surface area (Å²) in [6.45, 7) is 2.02. The van der Waals surface area contributed by atoms with Crippen molar-refractivity contribution in [3.8, 4) is 6.07 Å². The summed E-state index contributed by atoms with van der Waals surface area (Å²) >= 11 is 2.56. The molecule has 0 fully saturated rings. The van der Waals surface area contributed by atoms with Gasteiger partial charge in [-0.15, -0.1) is 11.3 Å². The number of thiophene rings is 1. The number of ether oxygens (including phenoxy) is 1. The standard InChI is InChI=1S/C17H16N4O2S2/c1-3-23-16(22)14-11(10(8-18)15(19)25-14)9-24-17-20-12-6-4-5-7-13(12)21(17)2/h4-7H,3,9,19H2,1-2H3. The van der Waals surface area contributed by atoms with Crippen LogP contribution in [0.2, 0.25) is 0 Å². The molecular formula is C17H16N4O2S2. The number of nitriles is 1. The van der Waals surface area contributed by atoms with Crippen LogP contribution in [0.25, 0.3) is 11.0 Å². The van der Waals surface area contributed by atoms with E-state index in [0.29, 0.717) is 26.8 Å². The first-order chi connectivity index (χ1) is 12.1. The number of rotatable bonds is 5. The lowest BCUT2D eigenvalue weighted by molar-refractivity contribution is 0.0531. The normalized spacial score (nSPS) is 10.8. The summed E-state index contributed by atoms with van der Waals surface area (Å²) in [4.78, 5) is 17.1. The van der Waals surface area contributed by atoms with Crippen LogP contribution in [-0.2, 0) is 17.5 Å². The molecule has 8 heteroatoms. The minimum absolute atomic E-state index is 0.274. The highest BCUT2D eigenvalue weighted by Gasteiger charge is 2.23. The second kappa shape index (κ2) is 7.17. The van der Waals surface area contributed by atoms with E-state index >= 15 is 0 Å². The molecule has 0 spiro atoms. The number of thioether (sulfide) groups is 1. The molecule has 0 radical (unpaired) electrons. The van der Waals surface area contributed by atoms with E-state index in [1.807, 2.05) is 35.9 Å². The molecule has 2 N–H and O–H groups in total. The van der Waals surface area contributed by atoms with Crippen LogP contribution in [0.15, 0.2) is 29.4 Å². The van der Waals surface area contributed by atoms with Crippen LogP contribution in [0, 0.1) is 11.3 Å². The summed E-state index contributed by atoms with van der Waals surface area (Å²) in [5.41, 5.74) is 8.80. The molecule has 0 atom stereocenters. The van der Waals surface area contributed by atoms with E-state index in [9.17, 15) is 10.1 Å². The number of hydrogen-bond donors (Lipinski definition) is 1. The molecule has 0 aliphatic carbocycles. The fourth-order valence-electron chi connectivity index (χ4n) is 2.50. The minimum atomic E-state index is -0.443. The van der Waals surface area contributed by atoms with Crippen LogP contribution >= 0.6 is 23.1 Å². The van der Waals surface area contributed by atoms with Gasteiger partial charge in [-0.2, -0.15) is 5.26 Å². The summed E-state index contributed by atoms with van der Waals surface area (Å²) in [5, 5.41) is 10.5. The largest absolute Gasteiger partial charge is 0.462 e. The van der Waals surface area contributed by atoms with Gasteiger partial charge in [0.2, 0.25) is 0 Å². The van der Waals surface area contributed by atoms with E-state index in [1.54, 1.807) is 6.92 Å². The number of carbonyl (C=O) groups is 1. The van der Waals surface area contributed by atoms with E-state index in [1.165, 1.54) is 11.8 Å². The van der Waals surface area contributed by atoms with E-state index in [4.69, 9.17) is 10.5 Å². The van der Waals surface area contributed by atoms with Crippen molar-refractivity contribution in [1.82, 2.24) is 9.55 Å². The monoisotopic (exact) mass is 372 g/mol. The molecule has 128 valence electrons. The van der Waals surface area contributed by atoms with Gasteiger partial charge in [0.05, 0.1) is 23.2 Å². The molecule has 2 aromatic heterocycles. The number of anilines is 1. The molecule has 0 aliphatic rings. The maximum Gasteiger partial charge on any atom is 0.348 e. The Hall–Kier alpha value is -2.50. The smallest absolute Gasteiger partial charge is 0.348 e. The van der Waals surface area contributed by atoms with Crippen molar-refractivity contribution < 1.29 is 9.53 Å². The third kappa shape index (κ3) is 3.21. The molecule has 0 amide bonds. The van der Waals surface area contributed by atoms with Crippen molar-refractivity contribution in [1.29, 1.82) is 5.26 Å². The maximum atomic E-state index is 12.2. The highest BCUT2D eigenvalue weighted by Crippen LogP contribution is 2.36. The Morgan fingerprint density at radius 2 is 2.24 bits per heavy atom. The number of benzene rings is 1. The molecule has 0 saturated heterocycles. The fourth-order valence-corrected chi connectivity index (χ4v) is 4.53. The Balaban J connectivity index is 1.93. The molecule has 2 heterocycles. The highest BCUT2D eigenvalue weighted by atomic mass is 32.2. The average molecular weight is 372 g/mol. The van der Waals surface area contributed by atoms with E-state index in [-0.39, 0.29) is 6.61 Å². The molecule has 0 unspecified atom stereocenters. The summed E-state index contributed by atoms with van der Waals surface area (Å²) < 4.78 is 7.07. The third-order valence-corrected chi connectivity index (χ3v) is 5.80. The highest BCUT2D eigenvalue weighted by molar-refractivity contribution is 7.98. The topological polar surface area (TPSA) is 93.9 Å². The number of aromatic nitrogens is 2. The number of esters is 1. The van der Waals surface area contributed by atoms with Gasteiger partial charge in [0.1, 0.15) is 15.9 Å². The van der Waals surface area contributed by atoms with Gasteiger partial charge in [0.25, 0.3) is 0 Å². The first-order valence-corrected chi connectivity index (χ1v) is 9.39. The molecular weight excluding hydrogens is 356 g/mol. The van der Waals surface area contributed by atoms with Gasteiger partial charge >= 0.3 is 5.97 Å². The summed E-state index contributed by atoms with van der Waals surface area (Å²) in [5.74, 6) is -0.0247. The van der Waals surface area contributed by atoms with Crippen LogP contribution in [0.1, 0.15) is 27.7 Å². The van der Waals surface area contributed by atoms with Gasteiger partial charge in [-0.3, -0.25) is 0 Å². The molecule has 25 heavy (non-hydrogen) atoms. The predicted molar refractivity (Wildman–Crippen MR) is 99.7 cm³/mol. The first-order valence-electron chi connectivity index (χ1n) is 7.59. The number of para-hydroxylation sites is 2. The second-order valence-corrected chi connectivity index (χ2v) is 7.21. The number of nitrogen functional groups attached to an aromatic ring is 1. The van der Waals surface area contributed by atoms with E-state index in [2.05, 4.69) is 11.1 Å². The second-order valence-electron chi connectivity index (χ2n) is 5.21. The van der Waals surface area contributed by atoms with Crippen LogP contribution in [0.4, 0.5) is 5.00 Å². The molecule has 0 bridgehead atoms. The predicted octanol–water partition coefficient (Wildman–Crippen LogP) is 3.56. The van der Waals surface area contributed by atoms with Crippen LogP contribution in [0.5, 0.6) is 0 Å². The minimum Gasteiger partial charge on any atom is -0.462 e. The lowest BCUT2D eigenvalue weighted by Crippen LogP contribution is -2.05. The summed E-state index contributed by atoms with van der Waals surface area (Å²) in [6, 6.07) is 9.95. The van der Waals surface area contributed by atoms with Crippen molar-refractivity contribution in [3.05, 3.63) is 40.3 Å². The van der Waals surface area contributed by atoms with Crippen molar-refractivity contribution in [2.24, 2.45) is 7.05 Å². The summed E-state index contributed by atoms with van der Waals surface area (Å²) in [6.07, 6.45) is 0. The lowest BCUT2D eigenvalue weighted by atomic mass is 10.2. The first kappa shape index (κ1) is 17.3. The summed E-state index contributed by atoms with van der Waals surface area (Å²) in [7, 11) is 1.94. The van der Waals surface area contributed by atoms with Crippen molar-refractivity contribution >= 4 is 45.1 Å². The van der Waals surface area contributed by atoms with Gasteiger partial charge in [-0.05, 0) is 19.1 Å². The van der Waals surface area contributed by atoms with Gasteiger partial charge < -0.3 is 15.0 Å². The molecule has 3 rings (SSSR count). The Morgan fingerprint density at radius 3 is 2.92 bits per heavy atom. The van der Waals surface area contributed by atoms with Crippen LogP contribution in [-0.4, -0.2) is 22.1 Å². The van der Waals surface area contributed by atoms with E-state index in [0.717, 1.165) is 27.5 Å². The van der Waals surface area contributed by atoms with Crippen molar-refractivity contribution in [3.63, 3.8) is 0 Å². The SMILES string of the molecule is CCOC(=O)c1sc(N)c(C#N)c1CSc1nc2ccccc2n1C. The molecule has 1 aromatic carbocycles. The number of carbonyl (C=O) groups excluding carboxylic acids is 1. The molecule has 6 nitrogen and oxygen atoms in total. The number of imidazole rings is 1. The Bertz CT molecular complexity index is 985. The van der Waals surface area contributed by atoms with Gasteiger partial charge in [0, 0.05) is 18.4 Å². The number of nitrogens with two attached hydrogens (primary N) is 1. The van der Waals surface area contributed by atoms with Crippen LogP contribution in [0.3, 0.4) is 0 Å². The van der Waals surface area contributed by atoms with Gasteiger partial charge in [-0.25, -0.2) is 9.78 Å². The van der Waals surface area contributed by atoms with Crippen LogP contribution < -0.4 is 5.73 Å². The maximum absolute atomic E-state index is 12.2. The third-order valence-electron chi connectivity index (χ3n) is 3.70. The fraction of sp³-hybridized carbons (Fsp3) is 0.235.